The molecule has 1 N–H and O–H groups in total. The van der Waals surface area contributed by atoms with Crippen LogP contribution in [-0.2, 0) is 0 Å². The van der Waals surface area contributed by atoms with Crippen LogP contribution in [0.3, 0.4) is 0 Å². The molecule has 2 heterocycles. The van der Waals surface area contributed by atoms with Crippen molar-refractivity contribution >= 4 is 17.5 Å². The standard InChI is InChI=1S/C31H26ClF2N3O2/c1-16-15-35-26(21-4-3-5-22(29(21)34)30(38)36-20-10-11-20)14-27(16)37-17(2)12-25(28(32)31(37)39)24-13-23(24)18-6-8-19(33)9-7-18/h3-9,12,14-15,20,23-24H,10-11,13H2,1-2H3,(H,36,38)/t23?,24-/m1/s1. The quantitative estimate of drug-likeness (QED) is 0.296. The van der Waals surface area contributed by atoms with Gasteiger partial charge in [0.2, 0.25) is 0 Å². The molecule has 2 aromatic heterocycles. The minimum absolute atomic E-state index is 0.0378. The largest absolute Gasteiger partial charge is 0.349 e. The monoisotopic (exact) mass is 545 g/mol. The third-order valence-corrected chi connectivity index (χ3v) is 7.98. The number of pyridine rings is 2. The SMILES string of the molecule is Cc1cnc(-c2cccc(C(=O)NC3CC3)c2F)cc1-n1c(C)cc([C@@H]2CC2c2ccc(F)cc2)c(Cl)c1=O. The first-order valence-electron chi connectivity index (χ1n) is 13.0. The molecular weight excluding hydrogens is 520 g/mol. The number of carbonyl (C=O) groups excluding carboxylic acids is 1. The van der Waals surface area contributed by atoms with E-state index in [2.05, 4.69) is 10.3 Å². The molecule has 4 aromatic rings. The lowest BCUT2D eigenvalue weighted by molar-refractivity contribution is 0.0947. The average molecular weight is 546 g/mol. The highest BCUT2D eigenvalue weighted by Crippen LogP contribution is 2.55. The van der Waals surface area contributed by atoms with Crippen LogP contribution in [0.2, 0.25) is 5.02 Å². The maximum atomic E-state index is 15.5. The van der Waals surface area contributed by atoms with E-state index >= 15 is 4.39 Å². The molecule has 2 aliphatic rings. The zero-order valence-electron chi connectivity index (χ0n) is 21.5. The molecule has 39 heavy (non-hydrogen) atoms. The van der Waals surface area contributed by atoms with Gasteiger partial charge in [-0.25, -0.2) is 8.78 Å². The summed E-state index contributed by atoms with van der Waals surface area (Å²) in [5.41, 5.74) is 3.80. The van der Waals surface area contributed by atoms with Crippen molar-refractivity contribution in [1.29, 1.82) is 0 Å². The van der Waals surface area contributed by atoms with Crippen molar-refractivity contribution in [3.8, 4) is 16.9 Å². The molecule has 5 nitrogen and oxygen atoms in total. The summed E-state index contributed by atoms with van der Waals surface area (Å²) in [6.45, 7) is 3.65. The Hall–Kier alpha value is -3.84. The van der Waals surface area contributed by atoms with Crippen LogP contribution in [0.4, 0.5) is 8.78 Å². The van der Waals surface area contributed by atoms with E-state index in [1.54, 1.807) is 36.5 Å². The lowest BCUT2D eigenvalue weighted by Crippen LogP contribution is -2.26. The summed E-state index contributed by atoms with van der Waals surface area (Å²) in [5.74, 6) is -1.13. The Morgan fingerprint density at radius 1 is 1.05 bits per heavy atom. The van der Waals surface area contributed by atoms with E-state index < -0.39 is 11.7 Å². The highest BCUT2D eigenvalue weighted by molar-refractivity contribution is 6.31. The highest BCUT2D eigenvalue weighted by Gasteiger charge is 2.41. The topological polar surface area (TPSA) is 64.0 Å². The normalized spacial score (nSPS) is 18.2. The fourth-order valence-electron chi connectivity index (χ4n) is 5.22. The molecule has 198 valence electrons. The second-order valence-corrected chi connectivity index (χ2v) is 10.8. The minimum Gasteiger partial charge on any atom is -0.349 e. The first kappa shape index (κ1) is 25.4. The average Bonchev–Trinajstić information content (AvgIpc) is 3.84. The van der Waals surface area contributed by atoms with Gasteiger partial charge >= 0.3 is 0 Å². The van der Waals surface area contributed by atoms with Gasteiger partial charge in [0, 0.05) is 23.5 Å². The lowest BCUT2D eigenvalue weighted by Gasteiger charge is -2.17. The number of hydrogen-bond acceptors (Lipinski definition) is 3. The number of aryl methyl sites for hydroxylation is 2. The molecule has 2 saturated carbocycles. The number of aromatic nitrogens is 2. The molecule has 8 heteroatoms. The Morgan fingerprint density at radius 3 is 2.51 bits per heavy atom. The van der Waals surface area contributed by atoms with E-state index in [1.807, 2.05) is 19.9 Å². The maximum absolute atomic E-state index is 15.5. The van der Waals surface area contributed by atoms with Crippen molar-refractivity contribution in [1.82, 2.24) is 14.9 Å². The molecule has 2 atom stereocenters. The van der Waals surface area contributed by atoms with E-state index in [0.717, 1.165) is 30.4 Å². The van der Waals surface area contributed by atoms with Gasteiger partial charge < -0.3 is 5.32 Å². The molecule has 0 radical (unpaired) electrons. The number of hydrogen-bond donors (Lipinski definition) is 1. The van der Waals surface area contributed by atoms with Gasteiger partial charge in [-0.2, -0.15) is 0 Å². The fourth-order valence-corrected chi connectivity index (χ4v) is 5.50. The van der Waals surface area contributed by atoms with Crippen LogP contribution in [0.15, 0.2) is 65.6 Å². The van der Waals surface area contributed by atoms with Crippen LogP contribution < -0.4 is 10.9 Å². The van der Waals surface area contributed by atoms with Crippen LogP contribution in [0.1, 0.15) is 63.8 Å². The van der Waals surface area contributed by atoms with Crippen LogP contribution in [0, 0.1) is 25.5 Å². The summed E-state index contributed by atoms with van der Waals surface area (Å²) in [5, 5.41) is 2.95. The second kappa shape index (κ2) is 9.72. The van der Waals surface area contributed by atoms with Crippen molar-refractivity contribution in [2.75, 3.05) is 0 Å². The highest BCUT2D eigenvalue weighted by atomic mass is 35.5. The van der Waals surface area contributed by atoms with Gasteiger partial charge in [-0.05, 0) is 98.0 Å². The zero-order chi connectivity index (χ0) is 27.4. The fraction of sp³-hybridized carbons (Fsp3) is 0.258. The summed E-state index contributed by atoms with van der Waals surface area (Å²) in [4.78, 5) is 30.5. The van der Waals surface area contributed by atoms with E-state index in [4.69, 9.17) is 11.6 Å². The van der Waals surface area contributed by atoms with E-state index in [9.17, 15) is 14.0 Å². The molecule has 0 aliphatic heterocycles. The number of carbonyl (C=O) groups is 1. The smallest absolute Gasteiger partial charge is 0.274 e. The second-order valence-electron chi connectivity index (χ2n) is 10.5. The van der Waals surface area contributed by atoms with Gasteiger partial charge in [0.1, 0.15) is 16.7 Å². The van der Waals surface area contributed by atoms with Crippen molar-refractivity contribution in [2.24, 2.45) is 0 Å². The summed E-state index contributed by atoms with van der Waals surface area (Å²) in [6, 6.07) is 14.7. The van der Waals surface area contributed by atoms with Gasteiger partial charge in [0.05, 0.1) is 16.9 Å². The zero-order valence-corrected chi connectivity index (χ0v) is 22.2. The number of amides is 1. The Morgan fingerprint density at radius 2 is 1.79 bits per heavy atom. The molecule has 2 aliphatic carbocycles. The number of benzene rings is 2. The van der Waals surface area contributed by atoms with Gasteiger partial charge in [-0.15, -0.1) is 0 Å². The molecule has 2 fully saturated rings. The summed E-state index contributed by atoms with van der Waals surface area (Å²) in [7, 11) is 0. The minimum atomic E-state index is -0.657. The summed E-state index contributed by atoms with van der Waals surface area (Å²) in [6.07, 6.45) is 4.22. The van der Waals surface area contributed by atoms with Gasteiger partial charge in [0.25, 0.3) is 11.5 Å². The van der Waals surface area contributed by atoms with E-state index in [-0.39, 0.29) is 45.4 Å². The molecule has 1 amide bonds. The lowest BCUT2D eigenvalue weighted by atomic mass is 10.0. The number of rotatable bonds is 6. The predicted molar refractivity (Wildman–Crippen MR) is 147 cm³/mol. The molecule has 2 aromatic carbocycles. The van der Waals surface area contributed by atoms with Crippen molar-refractivity contribution in [3.05, 3.63) is 116 Å². The first-order valence-corrected chi connectivity index (χ1v) is 13.3. The summed E-state index contributed by atoms with van der Waals surface area (Å²) >= 11 is 6.66. The maximum Gasteiger partial charge on any atom is 0.274 e. The van der Waals surface area contributed by atoms with Gasteiger partial charge in [-0.3, -0.25) is 19.1 Å². The van der Waals surface area contributed by atoms with Crippen LogP contribution in [0.25, 0.3) is 16.9 Å². The molecule has 6 rings (SSSR count). The van der Waals surface area contributed by atoms with Gasteiger partial charge in [0.15, 0.2) is 0 Å². The number of nitrogens with zero attached hydrogens (tertiary/aromatic N) is 2. The van der Waals surface area contributed by atoms with Crippen LogP contribution in [-0.4, -0.2) is 21.5 Å². The van der Waals surface area contributed by atoms with Crippen molar-refractivity contribution < 1.29 is 13.6 Å². The van der Waals surface area contributed by atoms with E-state index in [1.165, 1.54) is 22.8 Å². The van der Waals surface area contributed by atoms with Gasteiger partial charge in [-0.1, -0.05) is 29.8 Å². The third-order valence-electron chi connectivity index (χ3n) is 7.60. The molecule has 1 unspecified atom stereocenters. The Bertz CT molecular complexity index is 1680. The third kappa shape index (κ3) is 4.76. The summed E-state index contributed by atoms with van der Waals surface area (Å²) < 4.78 is 30.3. The number of halogens is 3. The molecule has 0 saturated heterocycles. The molecule has 0 spiro atoms. The Kier molecular flexibility index (Phi) is 6.34. The van der Waals surface area contributed by atoms with Crippen LogP contribution in [0.5, 0.6) is 0 Å². The molecular formula is C31H26ClF2N3O2. The van der Waals surface area contributed by atoms with E-state index in [0.29, 0.717) is 22.6 Å². The van der Waals surface area contributed by atoms with Crippen molar-refractivity contribution in [3.63, 3.8) is 0 Å². The predicted octanol–water partition coefficient (Wildman–Crippen LogP) is 6.61. The Balaban J connectivity index is 1.36. The van der Waals surface area contributed by atoms with Crippen molar-refractivity contribution in [2.45, 2.75) is 51.0 Å². The molecule has 0 bridgehead atoms. The first-order chi connectivity index (χ1) is 18.7. The Labute approximate surface area is 229 Å². The number of nitrogens with one attached hydrogen (secondary N) is 1. The van der Waals surface area contributed by atoms with Crippen LogP contribution >= 0.6 is 11.6 Å².